The van der Waals surface area contributed by atoms with Crippen LogP contribution in [0.1, 0.15) is 48.0 Å². The number of anilines is 1. The fraction of sp³-hybridized carbons (Fsp3) is 0.360. The molecule has 2 aliphatic rings. The quantitative estimate of drug-likeness (QED) is 0.665. The topological polar surface area (TPSA) is 81.7 Å². The van der Waals surface area contributed by atoms with Crippen LogP contribution in [0.2, 0.25) is 0 Å². The molecule has 0 aromatic heterocycles. The number of nitrogens with one attached hydrogen (secondary N) is 2. The molecule has 3 N–H and O–H groups in total. The number of benzene rings is 2. The summed E-state index contributed by atoms with van der Waals surface area (Å²) in [6.07, 6.45) is 7.33. The Hall–Kier alpha value is -3.12. The van der Waals surface area contributed by atoms with Crippen molar-refractivity contribution in [1.29, 1.82) is 0 Å². The van der Waals surface area contributed by atoms with Gasteiger partial charge in [-0.3, -0.25) is 14.5 Å². The van der Waals surface area contributed by atoms with Crippen molar-refractivity contribution in [3.05, 3.63) is 65.7 Å². The van der Waals surface area contributed by atoms with Crippen LogP contribution in [0, 0.1) is 0 Å². The van der Waals surface area contributed by atoms with Crippen LogP contribution >= 0.6 is 0 Å². The Kier molecular flexibility index (Phi) is 6.67. The third-order valence-corrected chi connectivity index (χ3v) is 6.03. The summed E-state index contributed by atoms with van der Waals surface area (Å²) in [5.74, 6) is 0.0144. The van der Waals surface area contributed by atoms with Gasteiger partial charge in [-0.2, -0.15) is 0 Å². The number of rotatable bonds is 6. The van der Waals surface area contributed by atoms with E-state index in [0.29, 0.717) is 17.8 Å². The lowest BCUT2D eigenvalue weighted by molar-refractivity contribution is -0.117. The van der Waals surface area contributed by atoms with Crippen molar-refractivity contribution in [1.82, 2.24) is 10.2 Å². The van der Waals surface area contributed by atoms with Crippen LogP contribution in [0.4, 0.5) is 5.69 Å². The Morgan fingerprint density at radius 1 is 1.03 bits per heavy atom. The Morgan fingerprint density at radius 2 is 1.77 bits per heavy atom. The molecule has 1 aliphatic heterocycles. The van der Waals surface area contributed by atoms with Gasteiger partial charge in [0.1, 0.15) is 5.75 Å². The fourth-order valence-electron chi connectivity index (χ4n) is 4.31. The lowest BCUT2D eigenvalue weighted by Gasteiger charge is -2.26. The van der Waals surface area contributed by atoms with Crippen molar-refractivity contribution in [3.63, 3.8) is 0 Å². The molecule has 0 unspecified atom stereocenters. The molecule has 0 saturated heterocycles. The molecule has 6 nitrogen and oxygen atoms in total. The zero-order chi connectivity index (χ0) is 21.6. The minimum Gasteiger partial charge on any atom is -0.508 e. The van der Waals surface area contributed by atoms with Crippen LogP contribution in [0.5, 0.6) is 5.75 Å². The van der Waals surface area contributed by atoms with Crippen molar-refractivity contribution in [2.24, 2.45) is 0 Å². The molecule has 31 heavy (non-hydrogen) atoms. The van der Waals surface area contributed by atoms with E-state index in [9.17, 15) is 14.7 Å². The summed E-state index contributed by atoms with van der Waals surface area (Å²) in [5.41, 5.74) is 3.39. The van der Waals surface area contributed by atoms with E-state index >= 15 is 0 Å². The van der Waals surface area contributed by atoms with Crippen LogP contribution in [0.25, 0.3) is 5.57 Å². The summed E-state index contributed by atoms with van der Waals surface area (Å²) < 4.78 is 0. The summed E-state index contributed by atoms with van der Waals surface area (Å²) in [6.45, 7) is 1.75. The summed E-state index contributed by atoms with van der Waals surface area (Å²) in [4.78, 5) is 27.4. The molecule has 2 aromatic carbocycles. The number of nitrogens with zero attached hydrogens (tertiary/aromatic N) is 1. The van der Waals surface area contributed by atoms with Gasteiger partial charge in [-0.1, -0.05) is 43.2 Å². The molecule has 1 saturated carbocycles. The summed E-state index contributed by atoms with van der Waals surface area (Å²) in [5, 5.41) is 15.5. The third kappa shape index (κ3) is 5.52. The Bertz CT molecular complexity index is 962. The molecule has 4 rings (SSSR count). The standard InChI is InChI=1S/C25H29N3O3/c29-21-11-9-18(10-12-21)19-13-15-28(16-14-19)17-24(30)27-23-8-4-3-7-22(23)25(31)26-20-5-1-2-6-20/h3-4,7-13,20,29H,1-2,5-6,14-17H2,(H,26,31)(H,27,30). The van der Waals surface area contributed by atoms with E-state index < -0.39 is 0 Å². The van der Waals surface area contributed by atoms with Crippen LogP contribution in [0.15, 0.2) is 54.6 Å². The number of carbonyl (C=O) groups is 2. The first kappa shape index (κ1) is 21.1. The van der Waals surface area contributed by atoms with Gasteiger partial charge in [0.25, 0.3) is 5.91 Å². The maximum Gasteiger partial charge on any atom is 0.253 e. The second-order valence-electron chi connectivity index (χ2n) is 8.31. The van der Waals surface area contributed by atoms with E-state index in [1.54, 1.807) is 24.3 Å². The van der Waals surface area contributed by atoms with Crippen molar-refractivity contribution >= 4 is 23.1 Å². The first-order valence-electron chi connectivity index (χ1n) is 11.0. The number of amides is 2. The van der Waals surface area contributed by atoms with Gasteiger partial charge in [-0.05, 0) is 54.7 Å². The van der Waals surface area contributed by atoms with Crippen molar-refractivity contribution < 1.29 is 14.7 Å². The molecule has 1 fully saturated rings. The molecular formula is C25H29N3O3. The SMILES string of the molecule is O=C(CN1CC=C(c2ccc(O)cc2)CC1)Nc1ccccc1C(=O)NC1CCCC1. The molecule has 2 aromatic rings. The van der Waals surface area contributed by atoms with Gasteiger partial charge in [-0.15, -0.1) is 0 Å². The number of phenolic OH excluding ortho intramolecular Hbond substituents is 1. The lowest BCUT2D eigenvalue weighted by Crippen LogP contribution is -2.37. The average molecular weight is 420 g/mol. The molecule has 1 heterocycles. The molecule has 0 bridgehead atoms. The number of phenols is 1. The van der Waals surface area contributed by atoms with Gasteiger partial charge in [0, 0.05) is 19.1 Å². The Morgan fingerprint density at radius 3 is 2.48 bits per heavy atom. The highest BCUT2D eigenvalue weighted by Gasteiger charge is 2.21. The second kappa shape index (κ2) is 9.79. The Labute approximate surface area is 183 Å². The van der Waals surface area contributed by atoms with E-state index in [1.165, 1.54) is 5.57 Å². The van der Waals surface area contributed by atoms with Gasteiger partial charge >= 0.3 is 0 Å². The lowest BCUT2D eigenvalue weighted by atomic mass is 9.99. The largest absolute Gasteiger partial charge is 0.508 e. The summed E-state index contributed by atoms with van der Waals surface area (Å²) in [6, 6.07) is 14.6. The summed E-state index contributed by atoms with van der Waals surface area (Å²) in [7, 11) is 0. The zero-order valence-corrected chi connectivity index (χ0v) is 17.6. The monoisotopic (exact) mass is 419 g/mol. The van der Waals surface area contributed by atoms with E-state index in [0.717, 1.165) is 44.2 Å². The zero-order valence-electron chi connectivity index (χ0n) is 17.6. The Balaban J connectivity index is 1.33. The fourth-order valence-corrected chi connectivity index (χ4v) is 4.31. The first-order valence-corrected chi connectivity index (χ1v) is 11.0. The maximum atomic E-state index is 12.7. The van der Waals surface area contributed by atoms with Crippen LogP contribution in [0.3, 0.4) is 0 Å². The van der Waals surface area contributed by atoms with E-state index in [1.807, 2.05) is 24.3 Å². The number of hydrogen-bond acceptors (Lipinski definition) is 4. The molecule has 0 atom stereocenters. The predicted octanol–water partition coefficient (Wildman–Crippen LogP) is 3.79. The van der Waals surface area contributed by atoms with Crippen molar-refractivity contribution in [2.45, 2.75) is 38.1 Å². The summed E-state index contributed by atoms with van der Waals surface area (Å²) >= 11 is 0. The molecule has 1 aliphatic carbocycles. The van der Waals surface area contributed by atoms with Gasteiger partial charge in [0.05, 0.1) is 17.8 Å². The smallest absolute Gasteiger partial charge is 0.253 e. The second-order valence-corrected chi connectivity index (χ2v) is 8.31. The average Bonchev–Trinajstić information content (AvgIpc) is 3.28. The number of hydrogen-bond donors (Lipinski definition) is 3. The molecule has 0 spiro atoms. The van der Waals surface area contributed by atoms with Crippen LogP contribution < -0.4 is 10.6 Å². The molecule has 6 heteroatoms. The minimum atomic E-state index is -0.123. The first-order chi connectivity index (χ1) is 15.1. The maximum absolute atomic E-state index is 12.7. The van der Waals surface area contributed by atoms with Gasteiger partial charge in [-0.25, -0.2) is 0 Å². The van der Waals surface area contributed by atoms with Gasteiger partial charge in [0.2, 0.25) is 5.91 Å². The minimum absolute atomic E-state index is 0.123. The van der Waals surface area contributed by atoms with E-state index in [4.69, 9.17) is 0 Å². The molecule has 162 valence electrons. The molecular weight excluding hydrogens is 390 g/mol. The van der Waals surface area contributed by atoms with Crippen molar-refractivity contribution in [3.8, 4) is 5.75 Å². The number of para-hydroxylation sites is 1. The third-order valence-electron chi connectivity index (χ3n) is 6.03. The normalized spacial score (nSPS) is 17.2. The molecule has 0 radical (unpaired) electrons. The highest BCUT2D eigenvalue weighted by Crippen LogP contribution is 2.24. The van der Waals surface area contributed by atoms with Crippen molar-refractivity contribution in [2.75, 3.05) is 25.0 Å². The van der Waals surface area contributed by atoms with Gasteiger partial charge in [0.15, 0.2) is 0 Å². The molecule has 2 amide bonds. The van der Waals surface area contributed by atoms with E-state index in [-0.39, 0.29) is 30.2 Å². The highest BCUT2D eigenvalue weighted by molar-refractivity contribution is 6.04. The predicted molar refractivity (Wildman–Crippen MR) is 122 cm³/mol. The van der Waals surface area contributed by atoms with E-state index in [2.05, 4.69) is 21.6 Å². The number of carbonyl (C=O) groups excluding carboxylic acids is 2. The number of aromatic hydroxyl groups is 1. The van der Waals surface area contributed by atoms with Crippen LogP contribution in [-0.2, 0) is 4.79 Å². The van der Waals surface area contributed by atoms with Gasteiger partial charge < -0.3 is 15.7 Å². The van der Waals surface area contributed by atoms with Crippen LogP contribution in [-0.4, -0.2) is 47.5 Å². The highest BCUT2D eigenvalue weighted by atomic mass is 16.3.